The van der Waals surface area contributed by atoms with Crippen LogP contribution in [0.1, 0.15) is 19.2 Å². The van der Waals surface area contributed by atoms with E-state index in [-0.39, 0.29) is 0 Å². The number of anilines is 1. The number of thioether (sulfide) groups is 1. The monoisotopic (exact) mass is 327 g/mol. The zero-order valence-electron chi connectivity index (χ0n) is 10.0. The summed E-state index contributed by atoms with van der Waals surface area (Å²) >= 11 is 5.19. The van der Waals surface area contributed by atoms with E-state index in [9.17, 15) is 0 Å². The summed E-state index contributed by atoms with van der Waals surface area (Å²) in [4.78, 5) is 5.44. The van der Waals surface area contributed by atoms with Crippen LogP contribution in [0.2, 0.25) is 0 Å². The largest absolute Gasteiger partial charge is 0.338 e. The second kappa shape index (κ2) is 6.80. The minimum absolute atomic E-state index is 0.500. The summed E-state index contributed by atoms with van der Waals surface area (Å²) < 4.78 is 6.17. The van der Waals surface area contributed by atoms with Crippen LogP contribution in [-0.2, 0) is 5.75 Å². The van der Waals surface area contributed by atoms with Gasteiger partial charge in [-0.25, -0.2) is 0 Å². The van der Waals surface area contributed by atoms with Gasteiger partial charge >= 0.3 is 6.01 Å². The number of hydrogen-bond acceptors (Lipinski definition) is 5. The average molecular weight is 328 g/mol. The van der Waals surface area contributed by atoms with E-state index >= 15 is 0 Å². The van der Waals surface area contributed by atoms with Gasteiger partial charge < -0.3 is 9.84 Å². The molecule has 6 heteroatoms. The van der Waals surface area contributed by atoms with Crippen LogP contribution in [0.4, 0.5) is 6.01 Å². The van der Waals surface area contributed by atoms with Crippen molar-refractivity contribution < 1.29 is 4.52 Å². The standard InChI is InChI=1S/C12H14BrN3OS/c1-2-7-14-12-15-11(16-17-12)8-18-10-6-4-3-5-9(10)13/h3-6H,2,7-8H2,1H3,(H,14,15,16). The summed E-state index contributed by atoms with van der Waals surface area (Å²) in [6, 6.07) is 8.59. The number of nitrogens with one attached hydrogen (secondary N) is 1. The second-order valence-electron chi connectivity index (χ2n) is 3.66. The molecule has 0 saturated heterocycles. The van der Waals surface area contributed by atoms with E-state index < -0.39 is 0 Å². The Labute approximate surface area is 119 Å². The number of rotatable bonds is 6. The van der Waals surface area contributed by atoms with Crippen molar-refractivity contribution in [3.8, 4) is 0 Å². The minimum Gasteiger partial charge on any atom is -0.338 e. The second-order valence-corrected chi connectivity index (χ2v) is 5.53. The van der Waals surface area contributed by atoms with Gasteiger partial charge in [0.2, 0.25) is 0 Å². The van der Waals surface area contributed by atoms with Crippen molar-refractivity contribution in [2.75, 3.05) is 11.9 Å². The van der Waals surface area contributed by atoms with E-state index in [1.807, 2.05) is 18.2 Å². The summed E-state index contributed by atoms with van der Waals surface area (Å²) in [7, 11) is 0. The minimum atomic E-state index is 0.500. The Morgan fingerprint density at radius 1 is 1.39 bits per heavy atom. The molecule has 96 valence electrons. The molecule has 1 N–H and O–H groups in total. The van der Waals surface area contributed by atoms with Crippen LogP contribution in [-0.4, -0.2) is 16.7 Å². The summed E-state index contributed by atoms with van der Waals surface area (Å²) in [5.74, 6) is 1.40. The predicted octanol–water partition coefficient (Wildman–Crippen LogP) is 3.95. The maximum Gasteiger partial charge on any atom is 0.321 e. The van der Waals surface area contributed by atoms with Crippen molar-refractivity contribution in [2.45, 2.75) is 24.0 Å². The van der Waals surface area contributed by atoms with Gasteiger partial charge in [0.05, 0.1) is 5.75 Å². The molecule has 1 aromatic heterocycles. The lowest BCUT2D eigenvalue weighted by atomic mass is 10.4. The van der Waals surface area contributed by atoms with Crippen LogP contribution in [0.25, 0.3) is 0 Å². The normalized spacial score (nSPS) is 10.6. The van der Waals surface area contributed by atoms with Gasteiger partial charge in [0, 0.05) is 15.9 Å². The van der Waals surface area contributed by atoms with Crippen LogP contribution < -0.4 is 5.32 Å². The molecule has 1 aromatic carbocycles. The summed E-state index contributed by atoms with van der Waals surface area (Å²) in [6.07, 6.45) is 1.03. The number of hydrogen-bond donors (Lipinski definition) is 1. The topological polar surface area (TPSA) is 51.0 Å². The molecule has 2 rings (SSSR count). The maximum absolute atomic E-state index is 5.09. The zero-order valence-corrected chi connectivity index (χ0v) is 12.4. The summed E-state index contributed by atoms with van der Waals surface area (Å²) in [5, 5.41) is 6.99. The van der Waals surface area contributed by atoms with Gasteiger partial charge in [-0.05, 0) is 34.5 Å². The molecule has 18 heavy (non-hydrogen) atoms. The SMILES string of the molecule is CCCNc1nc(CSc2ccccc2Br)no1. The van der Waals surface area contributed by atoms with Gasteiger partial charge in [-0.2, -0.15) is 4.98 Å². The van der Waals surface area contributed by atoms with Gasteiger partial charge in [0.25, 0.3) is 0 Å². The van der Waals surface area contributed by atoms with Crippen LogP contribution in [0.5, 0.6) is 0 Å². The van der Waals surface area contributed by atoms with Gasteiger partial charge in [0.1, 0.15) is 0 Å². The third kappa shape index (κ3) is 3.74. The first-order valence-electron chi connectivity index (χ1n) is 5.73. The van der Waals surface area contributed by atoms with Gasteiger partial charge in [-0.1, -0.05) is 24.2 Å². The molecule has 2 aromatic rings. The number of aromatic nitrogens is 2. The molecule has 0 radical (unpaired) electrons. The Balaban J connectivity index is 1.90. The van der Waals surface area contributed by atoms with Crippen molar-refractivity contribution in [1.29, 1.82) is 0 Å². The Hall–Kier alpha value is -1.01. The van der Waals surface area contributed by atoms with Crippen LogP contribution in [0.3, 0.4) is 0 Å². The van der Waals surface area contributed by atoms with Crippen molar-refractivity contribution in [3.63, 3.8) is 0 Å². The van der Waals surface area contributed by atoms with E-state index in [0.717, 1.165) is 17.4 Å². The molecular formula is C12H14BrN3OS. The highest BCUT2D eigenvalue weighted by Crippen LogP contribution is 2.29. The quantitative estimate of drug-likeness (QED) is 0.814. The summed E-state index contributed by atoms with van der Waals surface area (Å²) in [6.45, 7) is 2.94. The number of benzene rings is 1. The van der Waals surface area contributed by atoms with Crippen molar-refractivity contribution in [3.05, 3.63) is 34.6 Å². The van der Waals surface area contributed by atoms with Crippen LogP contribution in [0.15, 0.2) is 38.2 Å². The van der Waals surface area contributed by atoms with Gasteiger partial charge in [-0.3, -0.25) is 0 Å². The fraction of sp³-hybridized carbons (Fsp3) is 0.333. The smallest absolute Gasteiger partial charge is 0.321 e. The van der Waals surface area contributed by atoms with E-state index in [1.165, 1.54) is 4.90 Å². The van der Waals surface area contributed by atoms with Crippen molar-refractivity contribution >= 4 is 33.7 Å². The molecule has 0 unspecified atom stereocenters. The lowest BCUT2D eigenvalue weighted by Gasteiger charge is -2.00. The molecule has 0 aliphatic rings. The lowest BCUT2D eigenvalue weighted by molar-refractivity contribution is 0.425. The van der Waals surface area contributed by atoms with Crippen molar-refractivity contribution in [2.24, 2.45) is 0 Å². The molecule has 1 heterocycles. The molecule has 0 amide bonds. The van der Waals surface area contributed by atoms with Crippen LogP contribution >= 0.6 is 27.7 Å². The van der Waals surface area contributed by atoms with Crippen LogP contribution in [0, 0.1) is 0 Å². The predicted molar refractivity (Wildman–Crippen MR) is 76.8 cm³/mol. The highest BCUT2D eigenvalue weighted by atomic mass is 79.9. The summed E-state index contributed by atoms with van der Waals surface area (Å²) in [5.41, 5.74) is 0. The molecular weight excluding hydrogens is 314 g/mol. The third-order valence-electron chi connectivity index (χ3n) is 2.19. The fourth-order valence-electron chi connectivity index (χ4n) is 1.32. The maximum atomic E-state index is 5.09. The fourth-order valence-corrected chi connectivity index (χ4v) is 2.73. The Morgan fingerprint density at radius 2 is 2.22 bits per heavy atom. The Bertz CT molecular complexity index is 504. The highest BCUT2D eigenvalue weighted by molar-refractivity contribution is 9.10. The van der Waals surface area contributed by atoms with Crippen molar-refractivity contribution in [1.82, 2.24) is 10.1 Å². The molecule has 0 aliphatic carbocycles. The number of halogens is 1. The highest BCUT2D eigenvalue weighted by Gasteiger charge is 2.07. The third-order valence-corrected chi connectivity index (χ3v) is 4.21. The Kier molecular flexibility index (Phi) is 5.07. The first-order chi connectivity index (χ1) is 8.79. The first kappa shape index (κ1) is 13.4. The van der Waals surface area contributed by atoms with Gasteiger partial charge in [0.15, 0.2) is 5.82 Å². The van der Waals surface area contributed by atoms with E-state index in [2.05, 4.69) is 44.4 Å². The molecule has 0 saturated carbocycles. The first-order valence-corrected chi connectivity index (χ1v) is 7.51. The lowest BCUT2D eigenvalue weighted by Crippen LogP contribution is -1.99. The molecule has 0 fully saturated rings. The zero-order chi connectivity index (χ0) is 12.8. The Morgan fingerprint density at radius 3 is 3.00 bits per heavy atom. The van der Waals surface area contributed by atoms with Gasteiger partial charge in [-0.15, -0.1) is 11.8 Å². The molecule has 0 aliphatic heterocycles. The molecule has 0 bridgehead atoms. The van der Waals surface area contributed by atoms with E-state index in [4.69, 9.17) is 4.52 Å². The molecule has 0 spiro atoms. The molecule has 4 nitrogen and oxygen atoms in total. The van der Waals surface area contributed by atoms with E-state index in [1.54, 1.807) is 11.8 Å². The van der Waals surface area contributed by atoms with E-state index in [0.29, 0.717) is 17.6 Å². The molecule has 0 atom stereocenters. The number of nitrogens with zero attached hydrogens (tertiary/aromatic N) is 2. The average Bonchev–Trinajstić information content (AvgIpc) is 2.83.